The molecule has 0 saturated heterocycles. The van der Waals surface area contributed by atoms with Crippen LogP contribution in [0.25, 0.3) is 0 Å². The van der Waals surface area contributed by atoms with Gasteiger partial charge in [-0.3, -0.25) is 0 Å². The Labute approximate surface area is 147 Å². The van der Waals surface area contributed by atoms with E-state index in [1.807, 2.05) is 0 Å². The molecule has 1 aliphatic rings. The number of aryl methyl sites for hydroxylation is 2. The summed E-state index contributed by atoms with van der Waals surface area (Å²) in [7, 11) is 0. The van der Waals surface area contributed by atoms with E-state index in [2.05, 4.69) is 74.2 Å². The van der Waals surface area contributed by atoms with Crippen LogP contribution in [-0.2, 0) is 6.42 Å². The highest BCUT2D eigenvalue weighted by atomic mass is 14.2. The molecule has 0 N–H and O–H groups in total. The third-order valence-corrected chi connectivity index (χ3v) is 5.33. The highest BCUT2D eigenvalue weighted by Crippen LogP contribution is 2.31. The number of hydrogen-bond acceptors (Lipinski definition) is 0. The molecule has 0 radical (unpaired) electrons. The van der Waals surface area contributed by atoms with Gasteiger partial charge >= 0.3 is 0 Å². The van der Waals surface area contributed by atoms with Crippen molar-refractivity contribution in [2.75, 3.05) is 0 Å². The normalized spacial score (nSPS) is 20.2. The SMILES string of the molecule is Cc1ccc(C#Cc2ccc(CCC3CCC(C)CC3)cc2)cc1. The molecule has 1 fully saturated rings. The van der Waals surface area contributed by atoms with E-state index in [0.29, 0.717) is 0 Å². The Bertz CT molecular complexity index is 686. The summed E-state index contributed by atoms with van der Waals surface area (Å²) in [6.45, 7) is 4.50. The lowest BCUT2D eigenvalue weighted by molar-refractivity contribution is 0.278. The zero-order valence-electron chi connectivity index (χ0n) is 15.0. The van der Waals surface area contributed by atoms with Gasteiger partial charge in [-0.1, -0.05) is 74.3 Å². The predicted molar refractivity (Wildman–Crippen MR) is 103 cm³/mol. The second-order valence-electron chi connectivity index (χ2n) is 7.48. The Morgan fingerprint density at radius 2 is 1.33 bits per heavy atom. The van der Waals surface area contributed by atoms with Crippen molar-refractivity contribution in [3.05, 3.63) is 70.8 Å². The standard InChI is InChI=1S/C24H28/c1-19-3-7-21(8-4-19)11-13-23-15-17-24(18-16-23)14-12-22-9-5-20(2)6-10-22/h3-4,7-8,15-18,20,22H,5-6,9-10,12,14H2,1-2H3. The van der Waals surface area contributed by atoms with E-state index in [-0.39, 0.29) is 0 Å². The van der Waals surface area contributed by atoms with Crippen LogP contribution < -0.4 is 0 Å². The fourth-order valence-electron chi connectivity index (χ4n) is 3.52. The zero-order chi connectivity index (χ0) is 16.8. The lowest BCUT2D eigenvalue weighted by Crippen LogP contribution is -2.12. The van der Waals surface area contributed by atoms with E-state index >= 15 is 0 Å². The Hall–Kier alpha value is -2.00. The summed E-state index contributed by atoms with van der Waals surface area (Å²) >= 11 is 0. The first-order chi connectivity index (χ1) is 11.7. The predicted octanol–water partition coefficient (Wildman–Crippen LogP) is 6.15. The molecule has 0 atom stereocenters. The largest absolute Gasteiger partial charge is 0.0625 e. The lowest BCUT2D eigenvalue weighted by Gasteiger charge is -2.26. The van der Waals surface area contributed by atoms with Gasteiger partial charge < -0.3 is 0 Å². The van der Waals surface area contributed by atoms with Gasteiger partial charge in [-0.15, -0.1) is 0 Å². The fraction of sp³-hybridized carbons (Fsp3) is 0.417. The Morgan fingerprint density at radius 3 is 1.92 bits per heavy atom. The van der Waals surface area contributed by atoms with Gasteiger partial charge in [0, 0.05) is 11.1 Å². The quantitative estimate of drug-likeness (QED) is 0.595. The zero-order valence-corrected chi connectivity index (χ0v) is 15.0. The monoisotopic (exact) mass is 316 g/mol. The molecule has 124 valence electrons. The number of benzene rings is 2. The van der Waals surface area contributed by atoms with Crippen molar-refractivity contribution in [1.82, 2.24) is 0 Å². The van der Waals surface area contributed by atoms with E-state index < -0.39 is 0 Å². The van der Waals surface area contributed by atoms with Crippen LogP contribution in [0.2, 0.25) is 0 Å². The topological polar surface area (TPSA) is 0 Å². The maximum Gasteiger partial charge on any atom is 0.0249 e. The molecule has 0 aromatic heterocycles. The van der Waals surface area contributed by atoms with Crippen molar-refractivity contribution < 1.29 is 0 Å². The van der Waals surface area contributed by atoms with E-state index in [4.69, 9.17) is 0 Å². The molecule has 0 aliphatic heterocycles. The first kappa shape index (κ1) is 16.8. The van der Waals surface area contributed by atoms with Crippen LogP contribution in [0, 0.1) is 30.6 Å². The van der Waals surface area contributed by atoms with Crippen LogP contribution in [0.15, 0.2) is 48.5 Å². The van der Waals surface area contributed by atoms with Crippen LogP contribution in [0.4, 0.5) is 0 Å². The lowest BCUT2D eigenvalue weighted by atomic mass is 9.80. The average Bonchev–Trinajstić information content (AvgIpc) is 2.62. The summed E-state index contributed by atoms with van der Waals surface area (Å²) in [5.74, 6) is 8.41. The summed E-state index contributed by atoms with van der Waals surface area (Å²) in [6, 6.07) is 17.2. The van der Waals surface area contributed by atoms with E-state index in [9.17, 15) is 0 Å². The van der Waals surface area contributed by atoms with Crippen LogP contribution in [0.5, 0.6) is 0 Å². The second kappa shape index (κ2) is 8.20. The molecule has 24 heavy (non-hydrogen) atoms. The van der Waals surface area contributed by atoms with Gasteiger partial charge in [0.15, 0.2) is 0 Å². The molecular weight excluding hydrogens is 288 g/mol. The summed E-state index contributed by atoms with van der Waals surface area (Å²) in [5, 5.41) is 0. The number of rotatable bonds is 3. The molecule has 2 aromatic carbocycles. The van der Waals surface area contributed by atoms with Gasteiger partial charge in [0.05, 0.1) is 0 Å². The van der Waals surface area contributed by atoms with Crippen molar-refractivity contribution in [1.29, 1.82) is 0 Å². The van der Waals surface area contributed by atoms with E-state index in [1.165, 1.54) is 49.7 Å². The molecule has 0 spiro atoms. The summed E-state index contributed by atoms with van der Waals surface area (Å²) in [4.78, 5) is 0. The molecule has 0 bridgehead atoms. The van der Waals surface area contributed by atoms with Gasteiger partial charge in [0.25, 0.3) is 0 Å². The first-order valence-electron chi connectivity index (χ1n) is 9.36. The fourth-order valence-corrected chi connectivity index (χ4v) is 3.52. The molecule has 0 amide bonds. The summed E-state index contributed by atoms with van der Waals surface area (Å²) in [5.41, 5.74) is 4.91. The van der Waals surface area contributed by atoms with Gasteiger partial charge in [-0.2, -0.15) is 0 Å². The third-order valence-electron chi connectivity index (χ3n) is 5.33. The van der Waals surface area contributed by atoms with Crippen molar-refractivity contribution in [2.45, 2.75) is 52.4 Å². The van der Waals surface area contributed by atoms with Gasteiger partial charge in [-0.25, -0.2) is 0 Å². The maximum atomic E-state index is 3.27. The van der Waals surface area contributed by atoms with Gasteiger partial charge in [0.1, 0.15) is 0 Å². The van der Waals surface area contributed by atoms with E-state index in [1.54, 1.807) is 0 Å². The molecular formula is C24H28. The third kappa shape index (κ3) is 5.00. The molecule has 2 aromatic rings. The Kier molecular flexibility index (Phi) is 5.76. The molecule has 0 heteroatoms. The molecule has 3 rings (SSSR count). The van der Waals surface area contributed by atoms with Crippen molar-refractivity contribution >= 4 is 0 Å². The van der Waals surface area contributed by atoms with Crippen molar-refractivity contribution in [3.63, 3.8) is 0 Å². The number of hydrogen-bond donors (Lipinski definition) is 0. The molecule has 0 unspecified atom stereocenters. The highest BCUT2D eigenvalue weighted by molar-refractivity contribution is 5.43. The van der Waals surface area contributed by atoms with Crippen LogP contribution in [0.3, 0.4) is 0 Å². The molecule has 1 aliphatic carbocycles. The first-order valence-corrected chi connectivity index (χ1v) is 9.36. The Balaban J connectivity index is 1.53. The minimum Gasteiger partial charge on any atom is -0.0625 e. The van der Waals surface area contributed by atoms with Crippen LogP contribution in [0.1, 0.15) is 61.3 Å². The van der Waals surface area contributed by atoms with Crippen LogP contribution >= 0.6 is 0 Å². The summed E-state index contributed by atoms with van der Waals surface area (Å²) < 4.78 is 0. The van der Waals surface area contributed by atoms with E-state index in [0.717, 1.165) is 23.0 Å². The smallest absolute Gasteiger partial charge is 0.0249 e. The Morgan fingerprint density at radius 1 is 0.792 bits per heavy atom. The minimum atomic E-state index is 0.946. The van der Waals surface area contributed by atoms with Crippen molar-refractivity contribution in [3.8, 4) is 11.8 Å². The average molecular weight is 316 g/mol. The molecule has 1 saturated carbocycles. The molecule has 0 heterocycles. The maximum absolute atomic E-state index is 3.27. The molecule has 0 nitrogen and oxygen atoms in total. The van der Waals surface area contributed by atoms with Gasteiger partial charge in [0.2, 0.25) is 0 Å². The van der Waals surface area contributed by atoms with Crippen molar-refractivity contribution in [2.24, 2.45) is 11.8 Å². The minimum absolute atomic E-state index is 0.946. The second-order valence-corrected chi connectivity index (χ2v) is 7.48. The van der Waals surface area contributed by atoms with Gasteiger partial charge in [-0.05, 0) is 61.4 Å². The summed E-state index contributed by atoms with van der Waals surface area (Å²) in [6.07, 6.45) is 8.28. The highest BCUT2D eigenvalue weighted by Gasteiger charge is 2.17. The van der Waals surface area contributed by atoms with Crippen LogP contribution in [-0.4, -0.2) is 0 Å².